The SMILES string of the molecule is CS(=O)(=O)CCCNC1CCC2(CCCC2)CC1. The van der Waals surface area contributed by atoms with E-state index in [1.165, 1.54) is 57.6 Å². The molecular weight excluding hydrogens is 246 g/mol. The van der Waals surface area contributed by atoms with Crippen LogP contribution < -0.4 is 5.32 Å². The van der Waals surface area contributed by atoms with E-state index in [0.717, 1.165) is 13.0 Å². The van der Waals surface area contributed by atoms with Crippen LogP contribution in [0, 0.1) is 5.41 Å². The first-order valence-corrected chi connectivity index (χ1v) is 9.46. The molecule has 1 N–H and O–H groups in total. The molecule has 2 aliphatic carbocycles. The van der Waals surface area contributed by atoms with Crippen LogP contribution in [0.25, 0.3) is 0 Å². The monoisotopic (exact) mass is 273 g/mol. The zero-order chi connectivity index (χ0) is 13.1. The van der Waals surface area contributed by atoms with Crippen LogP contribution >= 0.6 is 0 Å². The molecular formula is C14H27NO2S. The minimum absolute atomic E-state index is 0.316. The van der Waals surface area contributed by atoms with E-state index < -0.39 is 9.84 Å². The lowest BCUT2D eigenvalue weighted by Crippen LogP contribution is -2.37. The Hall–Kier alpha value is -0.0900. The van der Waals surface area contributed by atoms with Crippen molar-refractivity contribution in [3.05, 3.63) is 0 Å². The lowest BCUT2D eigenvalue weighted by atomic mass is 9.71. The summed E-state index contributed by atoms with van der Waals surface area (Å²) in [5.74, 6) is 0.316. The van der Waals surface area contributed by atoms with E-state index in [9.17, 15) is 8.42 Å². The highest BCUT2D eigenvalue weighted by Gasteiger charge is 2.37. The van der Waals surface area contributed by atoms with Gasteiger partial charge in [-0.25, -0.2) is 8.42 Å². The average Bonchev–Trinajstić information content (AvgIpc) is 2.75. The van der Waals surface area contributed by atoms with Crippen LogP contribution in [0.5, 0.6) is 0 Å². The largest absolute Gasteiger partial charge is 0.314 e. The summed E-state index contributed by atoms with van der Waals surface area (Å²) < 4.78 is 22.0. The van der Waals surface area contributed by atoms with Crippen molar-refractivity contribution in [2.24, 2.45) is 5.41 Å². The third kappa shape index (κ3) is 4.23. The molecule has 0 aromatic rings. The van der Waals surface area contributed by atoms with E-state index in [1.807, 2.05) is 0 Å². The molecule has 0 radical (unpaired) electrons. The fourth-order valence-electron chi connectivity index (χ4n) is 3.70. The van der Waals surface area contributed by atoms with Crippen molar-refractivity contribution in [3.8, 4) is 0 Å². The number of hydrogen-bond donors (Lipinski definition) is 1. The number of rotatable bonds is 5. The van der Waals surface area contributed by atoms with Gasteiger partial charge in [-0.1, -0.05) is 12.8 Å². The fourth-order valence-corrected chi connectivity index (χ4v) is 4.37. The third-order valence-electron chi connectivity index (χ3n) is 4.84. The highest BCUT2D eigenvalue weighted by atomic mass is 32.2. The zero-order valence-electron chi connectivity index (χ0n) is 11.6. The Morgan fingerprint density at radius 2 is 1.72 bits per heavy atom. The van der Waals surface area contributed by atoms with Crippen LogP contribution in [0.2, 0.25) is 0 Å². The molecule has 4 heteroatoms. The maximum Gasteiger partial charge on any atom is 0.147 e. The van der Waals surface area contributed by atoms with Crippen LogP contribution in [-0.4, -0.2) is 33.0 Å². The molecule has 0 unspecified atom stereocenters. The second-order valence-electron chi connectivity index (χ2n) is 6.42. The minimum atomic E-state index is -2.79. The summed E-state index contributed by atoms with van der Waals surface area (Å²) in [6, 6.07) is 0.635. The molecule has 2 saturated carbocycles. The summed E-state index contributed by atoms with van der Waals surface area (Å²) in [5, 5.41) is 3.54. The summed E-state index contributed by atoms with van der Waals surface area (Å²) in [7, 11) is -2.79. The Bertz CT molecular complexity index is 348. The normalized spacial score (nSPS) is 24.7. The van der Waals surface area contributed by atoms with Gasteiger partial charge < -0.3 is 5.32 Å². The predicted molar refractivity (Wildman–Crippen MR) is 75.5 cm³/mol. The van der Waals surface area contributed by atoms with Gasteiger partial charge in [0.05, 0.1) is 5.75 Å². The second-order valence-corrected chi connectivity index (χ2v) is 8.68. The van der Waals surface area contributed by atoms with E-state index in [-0.39, 0.29) is 0 Å². The van der Waals surface area contributed by atoms with E-state index in [2.05, 4.69) is 5.32 Å². The van der Waals surface area contributed by atoms with Gasteiger partial charge in [-0.05, 0) is 56.9 Å². The molecule has 1 spiro atoms. The van der Waals surface area contributed by atoms with E-state index >= 15 is 0 Å². The topological polar surface area (TPSA) is 46.2 Å². The lowest BCUT2D eigenvalue weighted by Gasteiger charge is -2.37. The van der Waals surface area contributed by atoms with Crippen molar-refractivity contribution in [3.63, 3.8) is 0 Å². The first-order chi connectivity index (χ1) is 8.49. The lowest BCUT2D eigenvalue weighted by molar-refractivity contribution is 0.169. The first-order valence-electron chi connectivity index (χ1n) is 7.40. The molecule has 0 heterocycles. The quantitative estimate of drug-likeness (QED) is 0.783. The summed E-state index contributed by atoms with van der Waals surface area (Å²) in [6.45, 7) is 0.852. The van der Waals surface area contributed by atoms with Crippen molar-refractivity contribution in [2.75, 3.05) is 18.6 Å². The standard InChI is InChI=1S/C14H27NO2S/c1-18(16,17)12-4-11-15-13-5-9-14(10-6-13)7-2-3-8-14/h13,15H,2-12H2,1H3. The van der Waals surface area contributed by atoms with Crippen LogP contribution in [0.1, 0.15) is 57.8 Å². The number of hydrogen-bond acceptors (Lipinski definition) is 3. The van der Waals surface area contributed by atoms with Crippen LogP contribution in [0.15, 0.2) is 0 Å². The summed E-state index contributed by atoms with van der Waals surface area (Å²) in [5.41, 5.74) is 0.699. The van der Waals surface area contributed by atoms with Crippen molar-refractivity contribution in [2.45, 2.75) is 63.8 Å². The Labute approximate surface area is 112 Å². The Morgan fingerprint density at radius 1 is 1.11 bits per heavy atom. The van der Waals surface area contributed by atoms with Gasteiger partial charge in [0.15, 0.2) is 0 Å². The summed E-state index contributed by atoms with van der Waals surface area (Å²) >= 11 is 0. The molecule has 0 bridgehead atoms. The van der Waals surface area contributed by atoms with Gasteiger partial charge in [0.25, 0.3) is 0 Å². The van der Waals surface area contributed by atoms with Crippen molar-refractivity contribution < 1.29 is 8.42 Å². The van der Waals surface area contributed by atoms with Crippen molar-refractivity contribution in [1.29, 1.82) is 0 Å². The van der Waals surface area contributed by atoms with E-state index in [4.69, 9.17) is 0 Å². The molecule has 2 fully saturated rings. The molecule has 0 atom stereocenters. The molecule has 106 valence electrons. The van der Waals surface area contributed by atoms with Gasteiger partial charge in [0.1, 0.15) is 9.84 Å². The number of nitrogens with one attached hydrogen (secondary N) is 1. The van der Waals surface area contributed by atoms with E-state index in [1.54, 1.807) is 0 Å². The Kier molecular flexibility index (Phi) is 4.70. The van der Waals surface area contributed by atoms with Gasteiger partial charge >= 0.3 is 0 Å². The Balaban J connectivity index is 1.62. The average molecular weight is 273 g/mol. The van der Waals surface area contributed by atoms with Crippen molar-refractivity contribution in [1.82, 2.24) is 5.32 Å². The molecule has 0 amide bonds. The first kappa shape index (κ1) is 14.3. The molecule has 0 aromatic heterocycles. The highest BCUT2D eigenvalue weighted by molar-refractivity contribution is 7.90. The van der Waals surface area contributed by atoms with Crippen molar-refractivity contribution >= 4 is 9.84 Å². The highest BCUT2D eigenvalue weighted by Crippen LogP contribution is 2.48. The number of sulfone groups is 1. The van der Waals surface area contributed by atoms with Crippen LogP contribution in [0.3, 0.4) is 0 Å². The second kappa shape index (κ2) is 5.91. The smallest absolute Gasteiger partial charge is 0.147 e. The van der Waals surface area contributed by atoms with Gasteiger partial charge in [-0.15, -0.1) is 0 Å². The van der Waals surface area contributed by atoms with Gasteiger partial charge in [0.2, 0.25) is 0 Å². The van der Waals surface area contributed by atoms with E-state index in [0.29, 0.717) is 17.2 Å². The molecule has 3 nitrogen and oxygen atoms in total. The van der Waals surface area contributed by atoms with Crippen LogP contribution in [0.4, 0.5) is 0 Å². The molecule has 0 saturated heterocycles. The minimum Gasteiger partial charge on any atom is -0.314 e. The summed E-state index contributed by atoms with van der Waals surface area (Å²) in [6.07, 6.45) is 13.2. The van der Waals surface area contributed by atoms with Gasteiger partial charge in [-0.2, -0.15) is 0 Å². The molecule has 0 aliphatic heterocycles. The van der Waals surface area contributed by atoms with Gasteiger partial charge in [-0.3, -0.25) is 0 Å². The third-order valence-corrected chi connectivity index (χ3v) is 5.87. The molecule has 2 aliphatic rings. The maximum atomic E-state index is 11.0. The zero-order valence-corrected chi connectivity index (χ0v) is 12.4. The summed E-state index contributed by atoms with van der Waals surface area (Å²) in [4.78, 5) is 0. The molecule has 0 aromatic carbocycles. The fraction of sp³-hybridized carbons (Fsp3) is 1.00. The Morgan fingerprint density at radius 3 is 2.28 bits per heavy atom. The van der Waals surface area contributed by atoms with Gasteiger partial charge in [0, 0.05) is 12.3 Å². The molecule has 2 rings (SSSR count). The molecule has 18 heavy (non-hydrogen) atoms. The van der Waals surface area contributed by atoms with Crippen LogP contribution in [-0.2, 0) is 9.84 Å². The predicted octanol–water partition coefficient (Wildman–Crippen LogP) is 2.51. The maximum absolute atomic E-state index is 11.0.